The molecule has 0 radical (unpaired) electrons. The van der Waals surface area contributed by atoms with Crippen molar-refractivity contribution in [3.63, 3.8) is 0 Å². The molecule has 2 N–H and O–H groups in total. The third kappa shape index (κ3) is 3.24. The van der Waals surface area contributed by atoms with E-state index in [4.69, 9.17) is 5.73 Å². The quantitative estimate of drug-likeness (QED) is 0.894. The van der Waals surface area contributed by atoms with Gasteiger partial charge in [-0.05, 0) is 19.2 Å². The first-order chi connectivity index (χ1) is 8.65. The molecule has 1 heterocycles. The van der Waals surface area contributed by atoms with Crippen molar-refractivity contribution >= 4 is 5.82 Å². The van der Waals surface area contributed by atoms with Gasteiger partial charge in [0.05, 0.1) is 6.54 Å². The molecule has 0 saturated carbocycles. The van der Waals surface area contributed by atoms with Crippen LogP contribution < -0.4 is 5.73 Å². The minimum Gasteiger partial charge on any atom is -0.384 e. The topological polar surface area (TPSA) is 55.0 Å². The van der Waals surface area contributed by atoms with Gasteiger partial charge < -0.3 is 5.73 Å². The van der Waals surface area contributed by atoms with E-state index in [1.54, 1.807) is 24.4 Å². The Morgan fingerprint density at radius 1 is 1.22 bits per heavy atom. The Bertz CT molecular complexity index is 530. The summed E-state index contributed by atoms with van der Waals surface area (Å²) < 4.78 is 13.5. The van der Waals surface area contributed by atoms with Crippen molar-refractivity contribution in [2.24, 2.45) is 0 Å². The SMILES string of the molecule is CN(Cc1nccc(N)n1)Cc1ccccc1F. The average molecular weight is 246 g/mol. The van der Waals surface area contributed by atoms with E-state index in [-0.39, 0.29) is 5.82 Å². The maximum Gasteiger partial charge on any atom is 0.144 e. The highest BCUT2D eigenvalue weighted by molar-refractivity contribution is 5.25. The maximum absolute atomic E-state index is 13.5. The van der Waals surface area contributed by atoms with E-state index < -0.39 is 0 Å². The summed E-state index contributed by atoms with van der Waals surface area (Å²) in [7, 11) is 1.89. The van der Waals surface area contributed by atoms with E-state index in [0.717, 1.165) is 0 Å². The second-order valence-corrected chi connectivity index (χ2v) is 4.16. The van der Waals surface area contributed by atoms with Crippen molar-refractivity contribution in [2.45, 2.75) is 13.1 Å². The Morgan fingerprint density at radius 3 is 2.72 bits per heavy atom. The average Bonchev–Trinajstić information content (AvgIpc) is 2.32. The van der Waals surface area contributed by atoms with Gasteiger partial charge in [0.1, 0.15) is 17.5 Å². The number of rotatable bonds is 4. The Kier molecular flexibility index (Phi) is 3.84. The molecule has 0 spiro atoms. The van der Waals surface area contributed by atoms with Crippen molar-refractivity contribution in [1.29, 1.82) is 0 Å². The van der Waals surface area contributed by atoms with Crippen LogP contribution in [-0.2, 0) is 13.1 Å². The Balaban J connectivity index is 2.01. The van der Waals surface area contributed by atoms with Crippen LogP contribution in [0.5, 0.6) is 0 Å². The first-order valence-electron chi connectivity index (χ1n) is 5.64. The number of anilines is 1. The number of hydrogen-bond donors (Lipinski definition) is 1. The van der Waals surface area contributed by atoms with Crippen LogP contribution in [0, 0.1) is 5.82 Å². The fraction of sp³-hybridized carbons (Fsp3) is 0.231. The molecule has 18 heavy (non-hydrogen) atoms. The van der Waals surface area contributed by atoms with Crippen LogP contribution in [0.3, 0.4) is 0 Å². The van der Waals surface area contributed by atoms with Crippen LogP contribution in [0.1, 0.15) is 11.4 Å². The molecule has 1 aromatic carbocycles. The molecule has 0 saturated heterocycles. The predicted octanol–water partition coefficient (Wildman–Crippen LogP) is 1.83. The standard InChI is InChI=1S/C13H15FN4/c1-18(8-10-4-2-3-5-11(10)14)9-13-16-7-6-12(15)17-13/h2-7H,8-9H2,1H3,(H2,15,16,17). The van der Waals surface area contributed by atoms with Crippen molar-refractivity contribution in [1.82, 2.24) is 14.9 Å². The van der Waals surface area contributed by atoms with Crippen LogP contribution in [0.4, 0.5) is 10.2 Å². The van der Waals surface area contributed by atoms with E-state index in [0.29, 0.717) is 30.3 Å². The van der Waals surface area contributed by atoms with Gasteiger partial charge in [-0.3, -0.25) is 4.90 Å². The molecule has 5 heteroatoms. The smallest absolute Gasteiger partial charge is 0.144 e. The lowest BCUT2D eigenvalue weighted by molar-refractivity contribution is 0.305. The predicted molar refractivity (Wildman–Crippen MR) is 68.0 cm³/mol. The van der Waals surface area contributed by atoms with Crippen molar-refractivity contribution in [3.05, 3.63) is 53.7 Å². The van der Waals surface area contributed by atoms with E-state index in [1.807, 2.05) is 18.0 Å². The van der Waals surface area contributed by atoms with Crippen LogP contribution in [0.25, 0.3) is 0 Å². The zero-order chi connectivity index (χ0) is 13.0. The molecule has 0 atom stereocenters. The largest absolute Gasteiger partial charge is 0.384 e. The molecular weight excluding hydrogens is 231 g/mol. The van der Waals surface area contributed by atoms with Crippen molar-refractivity contribution in [2.75, 3.05) is 12.8 Å². The monoisotopic (exact) mass is 246 g/mol. The highest BCUT2D eigenvalue weighted by atomic mass is 19.1. The summed E-state index contributed by atoms with van der Waals surface area (Å²) in [4.78, 5) is 10.2. The summed E-state index contributed by atoms with van der Waals surface area (Å²) in [6.07, 6.45) is 1.62. The van der Waals surface area contributed by atoms with Gasteiger partial charge in [0.15, 0.2) is 0 Å². The van der Waals surface area contributed by atoms with Crippen molar-refractivity contribution in [3.8, 4) is 0 Å². The minimum absolute atomic E-state index is 0.196. The fourth-order valence-corrected chi connectivity index (χ4v) is 1.71. The summed E-state index contributed by atoms with van der Waals surface area (Å²) in [5, 5.41) is 0. The van der Waals surface area contributed by atoms with Crippen LogP contribution in [0.15, 0.2) is 36.5 Å². The lowest BCUT2D eigenvalue weighted by Crippen LogP contribution is -2.19. The molecule has 94 valence electrons. The second-order valence-electron chi connectivity index (χ2n) is 4.16. The summed E-state index contributed by atoms with van der Waals surface area (Å²) >= 11 is 0. The Labute approximate surface area is 105 Å². The summed E-state index contributed by atoms with van der Waals surface area (Å²) in [5.74, 6) is 0.881. The fourth-order valence-electron chi connectivity index (χ4n) is 1.71. The Morgan fingerprint density at radius 2 is 2.00 bits per heavy atom. The molecule has 0 unspecified atom stereocenters. The van der Waals surface area contributed by atoms with E-state index >= 15 is 0 Å². The van der Waals surface area contributed by atoms with Gasteiger partial charge in [0, 0.05) is 18.3 Å². The molecular formula is C13H15FN4. The van der Waals surface area contributed by atoms with Gasteiger partial charge in [-0.1, -0.05) is 18.2 Å². The molecule has 0 aliphatic heterocycles. The minimum atomic E-state index is -0.196. The normalized spacial score (nSPS) is 10.8. The molecule has 4 nitrogen and oxygen atoms in total. The number of halogens is 1. The molecule has 2 aromatic rings. The molecule has 0 fully saturated rings. The van der Waals surface area contributed by atoms with Gasteiger partial charge in [-0.2, -0.15) is 0 Å². The van der Waals surface area contributed by atoms with Crippen LogP contribution in [-0.4, -0.2) is 21.9 Å². The van der Waals surface area contributed by atoms with Gasteiger partial charge in [0.2, 0.25) is 0 Å². The summed E-state index contributed by atoms with van der Waals surface area (Å²) in [5.41, 5.74) is 6.24. The van der Waals surface area contributed by atoms with Gasteiger partial charge in [0.25, 0.3) is 0 Å². The van der Waals surface area contributed by atoms with Gasteiger partial charge >= 0.3 is 0 Å². The third-order valence-electron chi connectivity index (χ3n) is 2.54. The third-order valence-corrected chi connectivity index (χ3v) is 2.54. The zero-order valence-electron chi connectivity index (χ0n) is 10.2. The highest BCUT2D eigenvalue weighted by Gasteiger charge is 2.07. The molecule has 0 amide bonds. The van der Waals surface area contributed by atoms with Crippen molar-refractivity contribution < 1.29 is 4.39 Å². The molecule has 2 rings (SSSR count). The first kappa shape index (κ1) is 12.4. The Hall–Kier alpha value is -2.01. The first-order valence-corrected chi connectivity index (χ1v) is 5.64. The van der Waals surface area contributed by atoms with Gasteiger partial charge in [-0.15, -0.1) is 0 Å². The van der Waals surface area contributed by atoms with E-state index in [2.05, 4.69) is 9.97 Å². The zero-order valence-corrected chi connectivity index (χ0v) is 10.2. The molecule has 0 bridgehead atoms. The number of benzene rings is 1. The molecule has 0 aliphatic rings. The number of aromatic nitrogens is 2. The number of nitrogens with zero attached hydrogens (tertiary/aromatic N) is 3. The number of nitrogens with two attached hydrogens (primary N) is 1. The van der Waals surface area contributed by atoms with Gasteiger partial charge in [-0.25, -0.2) is 14.4 Å². The molecule has 0 aliphatic carbocycles. The van der Waals surface area contributed by atoms with Crippen LogP contribution >= 0.6 is 0 Å². The number of nitrogen functional groups attached to an aromatic ring is 1. The lowest BCUT2D eigenvalue weighted by atomic mass is 10.2. The lowest BCUT2D eigenvalue weighted by Gasteiger charge is -2.16. The highest BCUT2D eigenvalue weighted by Crippen LogP contribution is 2.10. The van der Waals surface area contributed by atoms with Crippen LogP contribution in [0.2, 0.25) is 0 Å². The number of hydrogen-bond acceptors (Lipinski definition) is 4. The molecule has 1 aromatic heterocycles. The van der Waals surface area contributed by atoms with E-state index in [9.17, 15) is 4.39 Å². The second kappa shape index (κ2) is 5.55. The summed E-state index contributed by atoms with van der Waals surface area (Å²) in [6, 6.07) is 8.37. The van der Waals surface area contributed by atoms with E-state index in [1.165, 1.54) is 6.07 Å². The maximum atomic E-state index is 13.5. The summed E-state index contributed by atoms with van der Waals surface area (Å²) in [6.45, 7) is 1.03.